The second-order valence-corrected chi connectivity index (χ2v) is 7.54. The van der Waals surface area contributed by atoms with Gasteiger partial charge in [0.05, 0.1) is 11.3 Å². The van der Waals surface area contributed by atoms with Gasteiger partial charge in [-0.05, 0) is 50.0 Å². The number of anilines is 1. The second-order valence-electron chi connectivity index (χ2n) is 6.37. The van der Waals surface area contributed by atoms with Gasteiger partial charge in [-0.15, -0.1) is 0 Å². The Balaban J connectivity index is 1.71. The van der Waals surface area contributed by atoms with E-state index in [1.54, 1.807) is 18.0 Å². The van der Waals surface area contributed by atoms with Crippen molar-refractivity contribution in [1.29, 1.82) is 0 Å². The van der Waals surface area contributed by atoms with Gasteiger partial charge in [0.2, 0.25) is 0 Å². The number of rotatable bonds is 5. The third-order valence-electron chi connectivity index (χ3n) is 4.50. The van der Waals surface area contributed by atoms with Crippen LogP contribution in [0.4, 0.5) is 5.69 Å². The Morgan fingerprint density at radius 2 is 1.96 bits per heavy atom. The molecule has 2 aliphatic heterocycles. The lowest BCUT2D eigenvalue weighted by molar-refractivity contribution is 0.0697. The number of likely N-dealkylation sites (N-methyl/N-ethyl adjacent to an activating group) is 1. The average molecular weight is 351 g/mol. The third-order valence-corrected chi connectivity index (χ3v) is 5.59. The Hall–Kier alpha value is -1.28. The zero-order valence-corrected chi connectivity index (χ0v) is 14.8. The van der Waals surface area contributed by atoms with E-state index in [9.17, 15) is 9.90 Å². The minimum absolute atomic E-state index is 0.278. The highest BCUT2D eigenvalue weighted by Crippen LogP contribution is 2.29. The van der Waals surface area contributed by atoms with E-state index in [4.69, 9.17) is 4.74 Å². The van der Waals surface area contributed by atoms with Crippen molar-refractivity contribution in [2.75, 3.05) is 51.8 Å². The summed E-state index contributed by atoms with van der Waals surface area (Å²) in [5.74, 6) is -0.888. The first-order valence-electron chi connectivity index (χ1n) is 8.45. The highest BCUT2D eigenvalue weighted by atomic mass is 32.2. The van der Waals surface area contributed by atoms with Gasteiger partial charge in [0.15, 0.2) is 0 Å². The number of benzene rings is 1. The van der Waals surface area contributed by atoms with E-state index in [2.05, 4.69) is 21.6 Å². The number of hydrogen-bond donors (Lipinski definition) is 2. The summed E-state index contributed by atoms with van der Waals surface area (Å²) in [6.45, 7) is 5.63. The molecule has 0 amide bonds. The van der Waals surface area contributed by atoms with Gasteiger partial charge < -0.3 is 20.1 Å². The highest BCUT2D eigenvalue weighted by molar-refractivity contribution is 7.97. The largest absolute Gasteiger partial charge is 0.478 e. The number of carbonyl (C=O) groups is 1. The number of piperazine rings is 1. The van der Waals surface area contributed by atoms with Crippen LogP contribution >= 0.6 is 11.9 Å². The molecule has 2 saturated heterocycles. The van der Waals surface area contributed by atoms with E-state index >= 15 is 0 Å². The molecular weight excluding hydrogens is 326 g/mol. The summed E-state index contributed by atoms with van der Waals surface area (Å²) in [6, 6.07) is 5.87. The fourth-order valence-corrected chi connectivity index (χ4v) is 3.92. The van der Waals surface area contributed by atoms with E-state index < -0.39 is 5.97 Å². The van der Waals surface area contributed by atoms with Crippen LogP contribution in [0.5, 0.6) is 0 Å². The van der Waals surface area contributed by atoms with Crippen LogP contribution < -0.4 is 5.32 Å². The van der Waals surface area contributed by atoms with E-state index in [0.717, 1.165) is 57.1 Å². The molecule has 132 valence electrons. The van der Waals surface area contributed by atoms with Crippen molar-refractivity contribution in [3.8, 4) is 0 Å². The molecule has 24 heavy (non-hydrogen) atoms. The topological polar surface area (TPSA) is 65.0 Å². The zero-order chi connectivity index (χ0) is 16.9. The molecule has 6 nitrogen and oxygen atoms in total. The molecule has 0 saturated carbocycles. The van der Waals surface area contributed by atoms with Gasteiger partial charge >= 0.3 is 5.97 Å². The first-order chi connectivity index (χ1) is 11.6. The fraction of sp³-hybridized carbons (Fsp3) is 0.588. The molecule has 1 aromatic rings. The standard InChI is InChI=1S/C17H25N3O3S/c1-19-6-8-20(9-7-19)24-14-2-3-15(17(21)22)16(12-14)18-13-4-10-23-11-5-13/h2-3,12-13,18H,4-11H2,1H3,(H,21,22). The number of nitrogens with one attached hydrogen (secondary N) is 1. The Morgan fingerprint density at radius 3 is 2.62 bits per heavy atom. The molecule has 2 fully saturated rings. The number of ether oxygens (including phenoxy) is 1. The van der Waals surface area contributed by atoms with Crippen LogP contribution in [0.25, 0.3) is 0 Å². The first kappa shape index (κ1) is 17.5. The number of aromatic carboxylic acids is 1. The minimum atomic E-state index is -0.888. The van der Waals surface area contributed by atoms with Crippen molar-refractivity contribution in [3.63, 3.8) is 0 Å². The van der Waals surface area contributed by atoms with Crippen molar-refractivity contribution in [2.24, 2.45) is 0 Å². The summed E-state index contributed by atoms with van der Waals surface area (Å²) in [7, 11) is 2.14. The molecule has 7 heteroatoms. The zero-order valence-electron chi connectivity index (χ0n) is 14.0. The maximum atomic E-state index is 11.5. The molecular formula is C17H25N3O3S. The number of carboxylic acids is 1. The Kier molecular flexibility index (Phi) is 5.99. The number of hydrogen-bond acceptors (Lipinski definition) is 6. The van der Waals surface area contributed by atoms with Gasteiger partial charge in [0.1, 0.15) is 0 Å². The van der Waals surface area contributed by atoms with Gasteiger partial charge in [-0.1, -0.05) is 0 Å². The Labute approximate surface area is 147 Å². The van der Waals surface area contributed by atoms with Crippen LogP contribution in [0.2, 0.25) is 0 Å². The summed E-state index contributed by atoms with van der Waals surface area (Å²) in [6.07, 6.45) is 1.82. The van der Waals surface area contributed by atoms with Crippen LogP contribution in [-0.2, 0) is 4.74 Å². The lowest BCUT2D eigenvalue weighted by atomic mass is 10.1. The third kappa shape index (κ3) is 4.63. The molecule has 0 atom stereocenters. The maximum absolute atomic E-state index is 11.5. The van der Waals surface area contributed by atoms with Crippen molar-refractivity contribution in [3.05, 3.63) is 23.8 Å². The van der Waals surface area contributed by atoms with E-state index in [1.165, 1.54) is 0 Å². The van der Waals surface area contributed by atoms with Gasteiger partial charge in [0, 0.05) is 50.3 Å². The van der Waals surface area contributed by atoms with Gasteiger partial charge in [-0.2, -0.15) is 0 Å². The smallest absolute Gasteiger partial charge is 0.337 e. The number of carboxylic acid groups (broad SMARTS) is 1. The highest BCUT2D eigenvalue weighted by Gasteiger charge is 2.19. The monoisotopic (exact) mass is 351 g/mol. The number of nitrogens with zero attached hydrogens (tertiary/aromatic N) is 2. The second kappa shape index (κ2) is 8.20. The Morgan fingerprint density at radius 1 is 1.25 bits per heavy atom. The molecule has 2 aliphatic rings. The molecule has 0 bridgehead atoms. The summed E-state index contributed by atoms with van der Waals surface area (Å²) < 4.78 is 7.72. The first-order valence-corrected chi connectivity index (χ1v) is 9.22. The molecule has 2 heterocycles. The molecule has 0 unspecified atom stereocenters. The SMILES string of the molecule is CN1CCN(Sc2ccc(C(=O)O)c(NC3CCOCC3)c2)CC1. The summed E-state index contributed by atoms with van der Waals surface area (Å²) >= 11 is 1.71. The van der Waals surface area contributed by atoms with Crippen molar-refractivity contribution in [2.45, 2.75) is 23.8 Å². The lowest BCUT2D eigenvalue weighted by Gasteiger charge is -2.31. The normalized spacial score (nSPS) is 20.9. The molecule has 0 radical (unpaired) electrons. The van der Waals surface area contributed by atoms with Crippen LogP contribution in [0.1, 0.15) is 23.2 Å². The molecule has 1 aromatic carbocycles. The van der Waals surface area contributed by atoms with Crippen LogP contribution in [0, 0.1) is 0 Å². The van der Waals surface area contributed by atoms with Gasteiger partial charge in [-0.25, -0.2) is 9.10 Å². The van der Waals surface area contributed by atoms with E-state index in [-0.39, 0.29) is 6.04 Å². The summed E-state index contributed by atoms with van der Waals surface area (Å²) in [4.78, 5) is 14.9. The van der Waals surface area contributed by atoms with E-state index in [0.29, 0.717) is 11.3 Å². The molecule has 2 N–H and O–H groups in total. The predicted molar refractivity (Wildman–Crippen MR) is 95.8 cm³/mol. The summed E-state index contributed by atoms with van der Waals surface area (Å²) in [5, 5.41) is 12.9. The quantitative estimate of drug-likeness (QED) is 0.789. The Bertz CT molecular complexity index is 570. The molecule has 0 aliphatic carbocycles. The van der Waals surface area contributed by atoms with Gasteiger partial charge in [0.25, 0.3) is 0 Å². The van der Waals surface area contributed by atoms with Crippen LogP contribution in [0.15, 0.2) is 23.1 Å². The molecule has 0 spiro atoms. The predicted octanol–water partition coefficient (Wildman–Crippen LogP) is 2.23. The van der Waals surface area contributed by atoms with Gasteiger partial charge in [-0.3, -0.25) is 0 Å². The molecule has 3 rings (SSSR count). The minimum Gasteiger partial charge on any atom is -0.478 e. The van der Waals surface area contributed by atoms with E-state index in [1.807, 2.05) is 12.1 Å². The summed E-state index contributed by atoms with van der Waals surface area (Å²) in [5.41, 5.74) is 1.05. The lowest BCUT2D eigenvalue weighted by Crippen LogP contribution is -2.40. The van der Waals surface area contributed by atoms with Crippen LogP contribution in [-0.4, -0.2) is 72.8 Å². The van der Waals surface area contributed by atoms with Crippen LogP contribution in [0.3, 0.4) is 0 Å². The molecule has 0 aromatic heterocycles. The van der Waals surface area contributed by atoms with Crippen molar-refractivity contribution in [1.82, 2.24) is 9.21 Å². The average Bonchev–Trinajstić information content (AvgIpc) is 2.58. The fourth-order valence-electron chi connectivity index (χ4n) is 2.98. The maximum Gasteiger partial charge on any atom is 0.337 e. The van der Waals surface area contributed by atoms with Crippen molar-refractivity contribution < 1.29 is 14.6 Å². The van der Waals surface area contributed by atoms with Crippen molar-refractivity contribution >= 4 is 23.6 Å².